The Kier molecular flexibility index (Phi) is 5.70. The second-order valence-corrected chi connectivity index (χ2v) is 7.48. The number of hydrogen-bond donors (Lipinski definition) is 1. The molecule has 0 spiro atoms. The average molecular weight is 441 g/mol. The number of para-hydroxylation sites is 1. The summed E-state index contributed by atoms with van der Waals surface area (Å²) in [6, 6.07) is 14.6. The van der Waals surface area contributed by atoms with Gasteiger partial charge in [0.1, 0.15) is 5.75 Å². The molecule has 3 rings (SSSR count). The summed E-state index contributed by atoms with van der Waals surface area (Å²) in [4.78, 5) is 24.3. The standard InChI is InChI=1S/C22H21BrN2O3/c1-13-10-16(8-9-19(13)23)25-14(2)11-18(15(25)3)20(26)12-28-21-7-5-4-6-17(21)22(24)27/h4-11H,12H2,1-3H3,(H2,24,27). The Balaban J connectivity index is 1.86. The molecule has 0 atom stereocenters. The molecule has 1 heterocycles. The van der Waals surface area contributed by atoms with Crippen molar-refractivity contribution < 1.29 is 14.3 Å². The Hall–Kier alpha value is -2.86. The number of nitrogens with zero attached hydrogens (tertiary/aromatic N) is 1. The van der Waals surface area contributed by atoms with Gasteiger partial charge in [0, 0.05) is 27.1 Å². The Bertz CT molecular complexity index is 1070. The maximum Gasteiger partial charge on any atom is 0.252 e. The molecule has 2 N–H and O–H groups in total. The molecule has 0 fully saturated rings. The van der Waals surface area contributed by atoms with Gasteiger partial charge in [-0.15, -0.1) is 0 Å². The van der Waals surface area contributed by atoms with Crippen LogP contribution in [0.25, 0.3) is 5.69 Å². The van der Waals surface area contributed by atoms with Gasteiger partial charge >= 0.3 is 0 Å². The summed E-state index contributed by atoms with van der Waals surface area (Å²) in [7, 11) is 0. The molecule has 2 aromatic carbocycles. The van der Waals surface area contributed by atoms with Crippen LogP contribution in [-0.2, 0) is 0 Å². The first kappa shape index (κ1) is 19.9. The van der Waals surface area contributed by atoms with E-state index in [4.69, 9.17) is 10.5 Å². The fourth-order valence-electron chi connectivity index (χ4n) is 3.23. The van der Waals surface area contributed by atoms with Crippen LogP contribution in [0.2, 0.25) is 0 Å². The van der Waals surface area contributed by atoms with Crippen LogP contribution >= 0.6 is 15.9 Å². The van der Waals surface area contributed by atoms with Gasteiger partial charge in [0.2, 0.25) is 5.78 Å². The van der Waals surface area contributed by atoms with Crippen LogP contribution in [0.15, 0.2) is 53.0 Å². The summed E-state index contributed by atoms with van der Waals surface area (Å²) >= 11 is 3.51. The number of carbonyl (C=O) groups is 2. The Morgan fingerprint density at radius 3 is 2.43 bits per heavy atom. The predicted molar refractivity (Wildman–Crippen MR) is 112 cm³/mol. The highest BCUT2D eigenvalue weighted by molar-refractivity contribution is 9.10. The highest BCUT2D eigenvalue weighted by Crippen LogP contribution is 2.25. The lowest BCUT2D eigenvalue weighted by Gasteiger charge is -2.12. The van der Waals surface area contributed by atoms with Crippen molar-refractivity contribution in [3.8, 4) is 11.4 Å². The molecular weight excluding hydrogens is 420 g/mol. The zero-order chi connectivity index (χ0) is 20.4. The van der Waals surface area contributed by atoms with Gasteiger partial charge in [-0.05, 0) is 62.7 Å². The average Bonchev–Trinajstić information content (AvgIpc) is 2.96. The van der Waals surface area contributed by atoms with Crippen molar-refractivity contribution in [3.05, 3.63) is 81.1 Å². The van der Waals surface area contributed by atoms with E-state index in [-0.39, 0.29) is 18.0 Å². The number of benzene rings is 2. The van der Waals surface area contributed by atoms with Crippen LogP contribution in [0.3, 0.4) is 0 Å². The maximum absolute atomic E-state index is 12.8. The van der Waals surface area contributed by atoms with E-state index in [1.165, 1.54) is 0 Å². The summed E-state index contributed by atoms with van der Waals surface area (Å²) in [6.45, 7) is 5.73. The number of ketones is 1. The molecule has 1 amide bonds. The summed E-state index contributed by atoms with van der Waals surface area (Å²) in [6.07, 6.45) is 0. The first-order valence-corrected chi connectivity index (χ1v) is 9.59. The van der Waals surface area contributed by atoms with Gasteiger partial charge in [-0.2, -0.15) is 0 Å². The monoisotopic (exact) mass is 440 g/mol. The third-order valence-electron chi connectivity index (χ3n) is 4.64. The number of aromatic nitrogens is 1. The number of hydrogen-bond acceptors (Lipinski definition) is 3. The molecule has 0 bridgehead atoms. The number of primary amides is 1. The quantitative estimate of drug-likeness (QED) is 0.572. The van der Waals surface area contributed by atoms with Gasteiger partial charge in [-0.25, -0.2) is 0 Å². The lowest BCUT2D eigenvalue weighted by Crippen LogP contribution is -2.17. The molecule has 0 saturated carbocycles. The Morgan fingerprint density at radius 2 is 1.75 bits per heavy atom. The van der Waals surface area contributed by atoms with Crippen molar-refractivity contribution in [2.45, 2.75) is 20.8 Å². The molecule has 144 valence electrons. The van der Waals surface area contributed by atoms with E-state index in [1.54, 1.807) is 24.3 Å². The van der Waals surface area contributed by atoms with Crippen LogP contribution in [0.1, 0.15) is 37.7 Å². The number of ether oxygens (including phenoxy) is 1. The molecule has 0 radical (unpaired) electrons. The molecule has 0 saturated heterocycles. The molecule has 3 aromatic rings. The van der Waals surface area contributed by atoms with Gasteiger partial charge < -0.3 is 15.0 Å². The second-order valence-electron chi connectivity index (χ2n) is 6.63. The number of Topliss-reactive ketones (excluding diaryl/α,β-unsaturated/α-hetero) is 1. The fraction of sp³-hybridized carbons (Fsp3) is 0.182. The minimum absolute atomic E-state index is 0.160. The van der Waals surface area contributed by atoms with E-state index in [0.717, 1.165) is 27.1 Å². The van der Waals surface area contributed by atoms with E-state index in [2.05, 4.69) is 22.0 Å². The largest absolute Gasteiger partial charge is 0.485 e. The number of carbonyl (C=O) groups excluding carboxylic acids is 2. The van der Waals surface area contributed by atoms with Crippen molar-refractivity contribution >= 4 is 27.6 Å². The number of halogens is 1. The third kappa shape index (κ3) is 3.87. The summed E-state index contributed by atoms with van der Waals surface area (Å²) in [5.41, 5.74) is 10.1. The topological polar surface area (TPSA) is 74.3 Å². The maximum atomic E-state index is 12.8. The molecule has 0 aliphatic heterocycles. The number of rotatable bonds is 6. The molecule has 1 aromatic heterocycles. The van der Waals surface area contributed by atoms with E-state index >= 15 is 0 Å². The summed E-state index contributed by atoms with van der Waals surface area (Å²) in [5, 5.41) is 0. The van der Waals surface area contributed by atoms with Crippen molar-refractivity contribution in [3.63, 3.8) is 0 Å². The Labute approximate surface area is 172 Å². The molecule has 0 aliphatic rings. The van der Waals surface area contributed by atoms with Gasteiger partial charge in [-0.3, -0.25) is 9.59 Å². The van der Waals surface area contributed by atoms with Gasteiger partial charge in [-0.1, -0.05) is 28.1 Å². The smallest absolute Gasteiger partial charge is 0.252 e. The van der Waals surface area contributed by atoms with Crippen LogP contribution in [0.5, 0.6) is 5.75 Å². The second kappa shape index (κ2) is 8.02. The van der Waals surface area contributed by atoms with E-state index < -0.39 is 5.91 Å². The number of amides is 1. The van der Waals surface area contributed by atoms with Crippen molar-refractivity contribution in [1.29, 1.82) is 0 Å². The minimum Gasteiger partial charge on any atom is -0.485 e. The van der Waals surface area contributed by atoms with E-state index in [9.17, 15) is 9.59 Å². The van der Waals surface area contributed by atoms with Crippen molar-refractivity contribution in [2.75, 3.05) is 6.61 Å². The SMILES string of the molecule is Cc1cc(-n2c(C)cc(C(=O)COc3ccccc3C(N)=O)c2C)ccc1Br. The lowest BCUT2D eigenvalue weighted by atomic mass is 10.1. The lowest BCUT2D eigenvalue weighted by molar-refractivity contribution is 0.0911. The normalized spacial score (nSPS) is 10.7. The fourth-order valence-corrected chi connectivity index (χ4v) is 3.47. The third-order valence-corrected chi connectivity index (χ3v) is 5.53. The van der Waals surface area contributed by atoms with Gasteiger partial charge in [0.25, 0.3) is 5.91 Å². The molecular formula is C22H21BrN2O3. The molecule has 28 heavy (non-hydrogen) atoms. The van der Waals surface area contributed by atoms with Crippen LogP contribution in [-0.4, -0.2) is 22.9 Å². The van der Waals surface area contributed by atoms with E-state index in [0.29, 0.717) is 11.3 Å². The van der Waals surface area contributed by atoms with Crippen molar-refractivity contribution in [1.82, 2.24) is 4.57 Å². The molecule has 5 nitrogen and oxygen atoms in total. The van der Waals surface area contributed by atoms with Crippen molar-refractivity contribution in [2.24, 2.45) is 5.73 Å². The molecule has 0 aliphatic carbocycles. The van der Waals surface area contributed by atoms with Crippen LogP contribution < -0.4 is 10.5 Å². The predicted octanol–water partition coefficient (Wildman–Crippen LogP) is 4.53. The van der Waals surface area contributed by atoms with Gasteiger partial charge in [0.15, 0.2) is 6.61 Å². The number of nitrogens with two attached hydrogens (primary N) is 1. The summed E-state index contributed by atoms with van der Waals surface area (Å²) < 4.78 is 8.68. The number of aryl methyl sites for hydroxylation is 2. The minimum atomic E-state index is -0.591. The zero-order valence-electron chi connectivity index (χ0n) is 16.0. The summed E-state index contributed by atoms with van der Waals surface area (Å²) in [5.74, 6) is -0.444. The zero-order valence-corrected chi connectivity index (χ0v) is 17.5. The Morgan fingerprint density at radius 1 is 1.04 bits per heavy atom. The van der Waals surface area contributed by atoms with E-state index in [1.807, 2.05) is 43.5 Å². The highest BCUT2D eigenvalue weighted by Gasteiger charge is 2.18. The first-order chi connectivity index (χ1) is 13.3. The molecule has 0 unspecified atom stereocenters. The first-order valence-electron chi connectivity index (χ1n) is 8.80. The van der Waals surface area contributed by atoms with Crippen LogP contribution in [0.4, 0.5) is 0 Å². The van der Waals surface area contributed by atoms with Crippen LogP contribution in [0, 0.1) is 20.8 Å². The van der Waals surface area contributed by atoms with Gasteiger partial charge in [0.05, 0.1) is 5.56 Å². The highest BCUT2D eigenvalue weighted by atomic mass is 79.9. The molecule has 6 heteroatoms.